The van der Waals surface area contributed by atoms with Gasteiger partial charge in [-0.2, -0.15) is 4.98 Å². The van der Waals surface area contributed by atoms with Crippen LogP contribution in [0.5, 0.6) is 0 Å². The van der Waals surface area contributed by atoms with Gasteiger partial charge in [-0.1, -0.05) is 30.3 Å². The number of aromatic nitrogens is 2. The third-order valence-electron chi connectivity index (χ3n) is 3.65. The maximum atomic E-state index is 5.97. The number of hydrogen-bond donors (Lipinski definition) is 2. The molecule has 116 valence electrons. The molecular formula is C18H19N5. The van der Waals surface area contributed by atoms with Crippen LogP contribution >= 0.6 is 0 Å². The minimum absolute atomic E-state index is 0.195. The summed E-state index contributed by atoms with van der Waals surface area (Å²) >= 11 is 0. The molecule has 1 heterocycles. The van der Waals surface area contributed by atoms with Gasteiger partial charge in [-0.3, -0.25) is 0 Å². The van der Waals surface area contributed by atoms with E-state index in [4.69, 9.17) is 11.5 Å². The first-order chi connectivity index (χ1) is 11.2. The zero-order chi connectivity index (χ0) is 16.2. The van der Waals surface area contributed by atoms with Crippen LogP contribution < -0.4 is 16.4 Å². The zero-order valence-corrected chi connectivity index (χ0v) is 12.8. The molecule has 1 aromatic heterocycles. The van der Waals surface area contributed by atoms with Gasteiger partial charge >= 0.3 is 0 Å². The van der Waals surface area contributed by atoms with Crippen LogP contribution in [-0.2, 0) is 6.54 Å². The molecule has 23 heavy (non-hydrogen) atoms. The summed E-state index contributed by atoms with van der Waals surface area (Å²) in [5.41, 5.74) is 14.6. The van der Waals surface area contributed by atoms with Gasteiger partial charge in [0.15, 0.2) is 0 Å². The van der Waals surface area contributed by atoms with Gasteiger partial charge in [0.1, 0.15) is 5.82 Å². The lowest BCUT2D eigenvalue weighted by Gasteiger charge is -2.23. The normalized spacial score (nSPS) is 10.6. The van der Waals surface area contributed by atoms with E-state index in [1.165, 1.54) is 0 Å². The van der Waals surface area contributed by atoms with Crippen LogP contribution in [0.3, 0.4) is 0 Å². The lowest BCUT2D eigenvalue weighted by Crippen LogP contribution is -2.22. The number of benzene rings is 2. The van der Waals surface area contributed by atoms with Crippen molar-refractivity contribution in [3.8, 4) is 0 Å². The fraction of sp³-hybridized carbons (Fsp3) is 0.111. The monoisotopic (exact) mass is 305 g/mol. The van der Waals surface area contributed by atoms with Gasteiger partial charge in [-0.05, 0) is 29.8 Å². The Hall–Kier alpha value is -3.08. The number of nitrogens with zero attached hydrogens (tertiary/aromatic N) is 3. The molecule has 0 unspecified atom stereocenters. The van der Waals surface area contributed by atoms with Crippen LogP contribution in [-0.4, -0.2) is 16.5 Å². The summed E-state index contributed by atoms with van der Waals surface area (Å²) in [6.07, 6.45) is 1.90. The van der Waals surface area contributed by atoms with Gasteiger partial charge in [0.05, 0.1) is 5.52 Å². The highest BCUT2D eigenvalue weighted by molar-refractivity contribution is 5.89. The molecule has 0 spiro atoms. The van der Waals surface area contributed by atoms with Crippen molar-refractivity contribution < 1.29 is 0 Å². The Morgan fingerprint density at radius 2 is 1.83 bits per heavy atom. The first-order valence-electron chi connectivity index (χ1n) is 7.40. The molecule has 0 aliphatic carbocycles. The molecule has 5 heteroatoms. The molecule has 0 radical (unpaired) electrons. The van der Waals surface area contributed by atoms with E-state index in [0.717, 1.165) is 35.2 Å². The molecule has 0 aliphatic rings. The van der Waals surface area contributed by atoms with E-state index in [2.05, 4.69) is 33.6 Å². The van der Waals surface area contributed by atoms with Crippen molar-refractivity contribution in [2.45, 2.75) is 6.54 Å². The molecule has 3 rings (SSSR count). The molecule has 0 amide bonds. The van der Waals surface area contributed by atoms with Gasteiger partial charge in [-0.25, -0.2) is 4.98 Å². The highest BCUT2D eigenvalue weighted by atomic mass is 15.1. The van der Waals surface area contributed by atoms with E-state index in [1.807, 2.05) is 42.5 Å². The van der Waals surface area contributed by atoms with Gasteiger partial charge in [-0.15, -0.1) is 6.58 Å². The Morgan fingerprint density at radius 3 is 2.57 bits per heavy atom. The van der Waals surface area contributed by atoms with Crippen molar-refractivity contribution in [2.75, 3.05) is 22.9 Å². The Bertz CT molecular complexity index is 829. The van der Waals surface area contributed by atoms with Crippen LogP contribution in [0.25, 0.3) is 10.9 Å². The summed E-state index contributed by atoms with van der Waals surface area (Å²) in [4.78, 5) is 10.5. The van der Waals surface area contributed by atoms with Crippen molar-refractivity contribution in [1.29, 1.82) is 0 Å². The summed E-state index contributed by atoms with van der Waals surface area (Å²) in [6.45, 7) is 5.35. The Labute approximate surface area is 135 Å². The molecule has 3 aromatic rings. The molecule has 0 saturated carbocycles. The average molecular weight is 305 g/mol. The number of hydrogen-bond acceptors (Lipinski definition) is 5. The van der Waals surface area contributed by atoms with Crippen molar-refractivity contribution in [2.24, 2.45) is 0 Å². The third kappa shape index (κ3) is 3.23. The molecule has 2 aromatic carbocycles. The van der Waals surface area contributed by atoms with Crippen LogP contribution in [0.15, 0.2) is 61.2 Å². The van der Waals surface area contributed by atoms with Crippen LogP contribution in [0.1, 0.15) is 5.56 Å². The quantitative estimate of drug-likeness (QED) is 0.708. The predicted molar refractivity (Wildman–Crippen MR) is 96.1 cm³/mol. The van der Waals surface area contributed by atoms with E-state index in [0.29, 0.717) is 5.82 Å². The summed E-state index contributed by atoms with van der Waals surface area (Å²) in [5.74, 6) is 0.602. The number of para-hydroxylation sites is 1. The van der Waals surface area contributed by atoms with E-state index in [-0.39, 0.29) is 5.95 Å². The van der Waals surface area contributed by atoms with E-state index in [1.54, 1.807) is 0 Å². The SMILES string of the molecule is C=CCN(Cc1ccc2nc(N)nc(N)c2c1)c1ccccc1. The Morgan fingerprint density at radius 1 is 1.04 bits per heavy atom. The highest BCUT2D eigenvalue weighted by Gasteiger charge is 2.08. The summed E-state index contributed by atoms with van der Waals surface area (Å²) in [5, 5.41) is 0.823. The van der Waals surface area contributed by atoms with E-state index < -0.39 is 0 Å². The summed E-state index contributed by atoms with van der Waals surface area (Å²) in [6, 6.07) is 16.2. The minimum atomic E-state index is 0.195. The number of fused-ring (bicyclic) bond motifs is 1. The van der Waals surface area contributed by atoms with Gasteiger partial charge < -0.3 is 16.4 Å². The first-order valence-corrected chi connectivity index (χ1v) is 7.40. The lowest BCUT2D eigenvalue weighted by atomic mass is 10.1. The van der Waals surface area contributed by atoms with Crippen LogP contribution in [0.4, 0.5) is 17.5 Å². The molecule has 5 nitrogen and oxygen atoms in total. The smallest absolute Gasteiger partial charge is 0.222 e. The Kier molecular flexibility index (Phi) is 4.10. The molecule has 4 N–H and O–H groups in total. The standard InChI is InChI=1S/C18H19N5/c1-2-10-23(14-6-4-3-5-7-14)12-13-8-9-16-15(11-13)17(19)22-18(20)21-16/h2-9,11H,1,10,12H2,(H4,19,20,21,22). The fourth-order valence-corrected chi connectivity index (χ4v) is 2.59. The number of rotatable bonds is 5. The summed E-state index contributed by atoms with van der Waals surface area (Å²) in [7, 11) is 0. The molecule has 0 atom stereocenters. The van der Waals surface area contributed by atoms with E-state index in [9.17, 15) is 0 Å². The Balaban J connectivity index is 1.94. The maximum Gasteiger partial charge on any atom is 0.222 e. The minimum Gasteiger partial charge on any atom is -0.383 e. The molecule has 0 saturated heterocycles. The topological polar surface area (TPSA) is 81.1 Å². The largest absolute Gasteiger partial charge is 0.383 e. The number of nitrogen functional groups attached to an aromatic ring is 2. The molecule has 0 fully saturated rings. The first kappa shape index (κ1) is 14.8. The second-order valence-electron chi connectivity index (χ2n) is 5.32. The van der Waals surface area contributed by atoms with Gasteiger partial charge in [0.25, 0.3) is 0 Å². The van der Waals surface area contributed by atoms with Crippen molar-refractivity contribution >= 4 is 28.4 Å². The van der Waals surface area contributed by atoms with Crippen LogP contribution in [0, 0.1) is 0 Å². The van der Waals surface area contributed by atoms with Crippen molar-refractivity contribution in [1.82, 2.24) is 9.97 Å². The number of nitrogens with two attached hydrogens (primary N) is 2. The molecule has 0 bridgehead atoms. The van der Waals surface area contributed by atoms with E-state index >= 15 is 0 Å². The lowest BCUT2D eigenvalue weighted by molar-refractivity contribution is 0.869. The second-order valence-corrected chi connectivity index (χ2v) is 5.32. The summed E-state index contributed by atoms with van der Waals surface area (Å²) < 4.78 is 0. The van der Waals surface area contributed by atoms with Crippen LogP contribution in [0.2, 0.25) is 0 Å². The average Bonchev–Trinajstić information content (AvgIpc) is 2.56. The highest BCUT2D eigenvalue weighted by Crippen LogP contribution is 2.23. The molecular weight excluding hydrogens is 286 g/mol. The number of anilines is 3. The third-order valence-corrected chi connectivity index (χ3v) is 3.65. The van der Waals surface area contributed by atoms with Gasteiger partial charge in [0.2, 0.25) is 5.95 Å². The molecule has 0 aliphatic heterocycles. The van der Waals surface area contributed by atoms with Crippen molar-refractivity contribution in [3.05, 3.63) is 66.7 Å². The second kappa shape index (κ2) is 6.36. The maximum absolute atomic E-state index is 5.97. The predicted octanol–water partition coefficient (Wildman–Crippen LogP) is 2.99. The fourth-order valence-electron chi connectivity index (χ4n) is 2.59. The van der Waals surface area contributed by atoms with Gasteiger partial charge in [0, 0.05) is 24.2 Å². The van der Waals surface area contributed by atoms with Crippen molar-refractivity contribution in [3.63, 3.8) is 0 Å². The zero-order valence-electron chi connectivity index (χ0n) is 12.8.